The third kappa shape index (κ3) is 3.28. The molecule has 0 spiro atoms. The first-order chi connectivity index (χ1) is 9.26. The lowest BCUT2D eigenvalue weighted by molar-refractivity contribution is 0.0955. The number of amides is 1. The predicted molar refractivity (Wildman–Crippen MR) is 78.5 cm³/mol. The predicted octanol–water partition coefficient (Wildman–Crippen LogP) is 2.65. The van der Waals surface area contributed by atoms with Gasteiger partial charge in [0.2, 0.25) is 0 Å². The molecule has 0 aliphatic rings. The van der Waals surface area contributed by atoms with Gasteiger partial charge in [0.1, 0.15) is 12.4 Å². The molecule has 0 bridgehead atoms. The number of nitrogen functional groups attached to an aromatic ring is 1. The van der Waals surface area contributed by atoms with E-state index in [1.807, 2.05) is 42.0 Å². The van der Waals surface area contributed by atoms with Gasteiger partial charge < -0.3 is 4.74 Å². The molecular weight excluding hydrogens is 280 g/mol. The van der Waals surface area contributed by atoms with Crippen molar-refractivity contribution in [2.75, 3.05) is 6.26 Å². The molecule has 4 nitrogen and oxygen atoms in total. The van der Waals surface area contributed by atoms with Gasteiger partial charge in [-0.1, -0.05) is 12.1 Å². The lowest BCUT2D eigenvalue weighted by Crippen LogP contribution is -2.30. The van der Waals surface area contributed by atoms with Gasteiger partial charge in [0.25, 0.3) is 5.91 Å². The number of para-hydroxylation sites is 1. The van der Waals surface area contributed by atoms with E-state index in [2.05, 4.69) is 5.43 Å². The molecule has 1 aromatic carbocycles. The molecule has 1 amide bonds. The second kappa shape index (κ2) is 6.60. The second-order valence-corrected chi connectivity index (χ2v) is 5.45. The van der Waals surface area contributed by atoms with E-state index in [1.165, 1.54) is 11.3 Å². The summed E-state index contributed by atoms with van der Waals surface area (Å²) >= 11 is 2.98. The van der Waals surface area contributed by atoms with Crippen LogP contribution in [0.25, 0.3) is 0 Å². The number of nitrogens with one attached hydrogen (secondary N) is 1. The van der Waals surface area contributed by atoms with Crippen molar-refractivity contribution in [3.63, 3.8) is 0 Å². The number of rotatable bonds is 5. The summed E-state index contributed by atoms with van der Waals surface area (Å²) in [4.78, 5) is 13.2. The Balaban J connectivity index is 2.11. The van der Waals surface area contributed by atoms with Gasteiger partial charge in [0.05, 0.1) is 4.88 Å². The lowest BCUT2D eigenvalue weighted by Gasteiger charge is -2.09. The SMILES string of the molecule is CSc1ccccc1OCc1ccsc1C(=O)NN. The van der Waals surface area contributed by atoms with Crippen LogP contribution < -0.4 is 16.0 Å². The maximum absolute atomic E-state index is 11.5. The van der Waals surface area contributed by atoms with Crippen LogP contribution in [0.4, 0.5) is 0 Å². The topological polar surface area (TPSA) is 64.3 Å². The summed E-state index contributed by atoms with van der Waals surface area (Å²) in [6.45, 7) is 0.351. The normalized spacial score (nSPS) is 10.2. The molecule has 2 aromatic rings. The van der Waals surface area contributed by atoms with E-state index >= 15 is 0 Å². The molecule has 3 N–H and O–H groups in total. The van der Waals surface area contributed by atoms with E-state index in [0.29, 0.717) is 11.5 Å². The number of ether oxygens (including phenoxy) is 1. The number of carbonyl (C=O) groups excluding carboxylic acids is 1. The summed E-state index contributed by atoms with van der Waals surface area (Å²) in [6, 6.07) is 9.69. The fourth-order valence-electron chi connectivity index (χ4n) is 1.61. The minimum Gasteiger partial charge on any atom is -0.488 e. The van der Waals surface area contributed by atoms with E-state index in [1.54, 1.807) is 11.8 Å². The van der Waals surface area contributed by atoms with Crippen LogP contribution in [0.1, 0.15) is 15.2 Å². The number of thiophene rings is 1. The van der Waals surface area contributed by atoms with Crippen LogP contribution in [0, 0.1) is 0 Å². The number of hydrazine groups is 1. The third-order valence-electron chi connectivity index (χ3n) is 2.54. The molecule has 2 rings (SSSR count). The molecule has 6 heteroatoms. The van der Waals surface area contributed by atoms with Crippen molar-refractivity contribution in [2.24, 2.45) is 5.84 Å². The maximum atomic E-state index is 11.5. The smallest absolute Gasteiger partial charge is 0.275 e. The zero-order valence-electron chi connectivity index (χ0n) is 10.4. The Kier molecular flexibility index (Phi) is 4.84. The molecule has 0 atom stereocenters. The Morgan fingerprint density at radius 3 is 2.95 bits per heavy atom. The molecule has 0 saturated carbocycles. The van der Waals surface area contributed by atoms with E-state index in [4.69, 9.17) is 10.6 Å². The molecule has 0 saturated heterocycles. The van der Waals surface area contributed by atoms with Crippen LogP contribution in [0.5, 0.6) is 5.75 Å². The van der Waals surface area contributed by atoms with Crippen molar-refractivity contribution >= 4 is 29.0 Å². The molecule has 1 heterocycles. The highest BCUT2D eigenvalue weighted by Gasteiger charge is 2.12. The number of hydrogen-bond donors (Lipinski definition) is 2. The van der Waals surface area contributed by atoms with Crippen molar-refractivity contribution in [1.82, 2.24) is 5.43 Å². The zero-order valence-corrected chi connectivity index (χ0v) is 12.0. The third-order valence-corrected chi connectivity index (χ3v) is 4.27. The largest absolute Gasteiger partial charge is 0.488 e. The van der Waals surface area contributed by atoms with Crippen molar-refractivity contribution in [2.45, 2.75) is 11.5 Å². The molecule has 0 radical (unpaired) electrons. The van der Waals surface area contributed by atoms with Gasteiger partial charge in [0, 0.05) is 10.5 Å². The Morgan fingerprint density at radius 1 is 1.42 bits per heavy atom. The number of carbonyl (C=O) groups is 1. The summed E-state index contributed by atoms with van der Waals surface area (Å²) in [7, 11) is 0. The molecule has 0 fully saturated rings. The number of hydrogen-bond acceptors (Lipinski definition) is 5. The van der Waals surface area contributed by atoms with Crippen LogP contribution in [0.15, 0.2) is 40.6 Å². The summed E-state index contributed by atoms with van der Waals surface area (Å²) in [5.41, 5.74) is 2.98. The highest BCUT2D eigenvalue weighted by Crippen LogP contribution is 2.28. The standard InChI is InChI=1S/C13H14N2O2S2/c1-18-11-5-3-2-4-10(11)17-8-9-6-7-19-12(9)13(16)15-14/h2-7H,8,14H2,1H3,(H,15,16). The Bertz CT molecular complexity index is 569. The van der Waals surface area contributed by atoms with E-state index in [-0.39, 0.29) is 5.91 Å². The summed E-state index contributed by atoms with van der Waals surface area (Å²) in [6.07, 6.45) is 2.00. The average Bonchev–Trinajstić information content (AvgIpc) is 2.93. The van der Waals surface area contributed by atoms with Gasteiger partial charge in [0.15, 0.2) is 0 Å². The highest BCUT2D eigenvalue weighted by atomic mass is 32.2. The molecule has 100 valence electrons. The molecule has 0 unspecified atom stereocenters. The molecule has 1 aromatic heterocycles. The fraction of sp³-hybridized carbons (Fsp3) is 0.154. The van der Waals surface area contributed by atoms with Crippen LogP contribution >= 0.6 is 23.1 Å². The van der Waals surface area contributed by atoms with Crippen LogP contribution in [-0.4, -0.2) is 12.2 Å². The molecular formula is C13H14N2O2S2. The van der Waals surface area contributed by atoms with Crippen molar-refractivity contribution in [1.29, 1.82) is 0 Å². The van der Waals surface area contributed by atoms with Crippen LogP contribution in [0.3, 0.4) is 0 Å². The van der Waals surface area contributed by atoms with Gasteiger partial charge in [-0.2, -0.15) is 0 Å². The Labute approximate surface area is 119 Å². The van der Waals surface area contributed by atoms with Crippen LogP contribution in [-0.2, 0) is 6.61 Å². The first-order valence-corrected chi connectivity index (χ1v) is 7.70. The van der Waals surface area contributed by atoms with Gasteiger partial charge in [-0.25, -0.2) is 5.84 Å². The second-order valence-electron chi connectivity index (χ2n) is 3.69. The van der Waals surface area contributed by atoms with Crippen molar-refractivity contribution in [3.8, 4) is 5.75 Å². The minimum atomic E-state index is -0.285. The monoisotopic (exact) mass is 294 g/mol. The van der Waals surface area contributed by atoms with Crippen molar-refractivity contribution in [3.05, 3.63) is 46.2 Å². The molecule has 0 aliphatic carbocycles. The van der Waals surface area contributed by atoms with Gasteiger partial charge in [-0.15, -0.1) is 23.1 Å². The van der Waals surface area contributed by atoms with Crippen LogP contribution in [0.2, 0.25) is 0 Å². The van der Waals surface area contributed by atoms with E-state index in [0.717, 1.165) is 16.2 Å². The van der Waals surface area contributed by atoms with Gasteiger partial charge >= 0.3 is 0 Å². The minimum absolute atomic E-state index is 0.285. The number of nitrogens with two attached hydrogens (primary N) is 1. The molecule has 0 aliphatic heterocycles. The van der Waals surface area contributed by atoms with Gasteiger partial charge in [-0.3, -0.25) is 10.2 Å². The fourth-order valence-corrected chi connectivity index (χ4v) is 2.96. The zero-order chi connectivity index (χ0) is 13.7. The summed E-state index contributed by atoms with van der Waals surface area (Å²) < 4.78 is 5.77. The molecule has 19 heavy (non-hydrogen) atoms. The van der Waals surface area contributed by atoms with E-state index < -0.39 is 0 Å². The number of benzene rings is 1. The quantitative estimate of drug-likeness (QED) is 0.385. The Hall–Kier alpha value is -1.50. The van der Waals surface area contributed by atoms with Crippen molar-refractivity contribution < 1.29 is 9.53 Å². The first-order valence-electron chi connectivity index (χ1n) is 5.59. The van der Waals surface area contributed by atoms with Gasteiger partial charge in [-0.05, 0) is 29.8 Å². The maximum Gasteiger partial charge on any atom is 0.275 e. The highest BCUT2D eigenvalue weighted by molar-refractivity contribution is 7.98. The number of thioether (sulfide) groups is 1. The first kappa shape index (κ1) is 13.9. The van der Waals surface area contributed by atoms with E-state index in [9.17, 15) is 4.79 Å². The summed E-state index contributed by atoms with van der Waals surface area (Å²) in [5, 5.41) is 1.85. The lowest BCUT2D eigenvalue weighted by atomic mass is 10.2. The average molecular weight is 294 g/mol. The Morgan fingerprint density at radius 2 is 2.21 bits per heavy atom. The summed E-state index contributed by atoms with van der Waals surface area (Å²) in [5.74, 6) is 5.68.